The molecular weight excluding hydrogens is 401 g/mol. The Labute approximate surface area is 166 Å². The van der Waals surface area contributed by atoms with Gasteiger partial charge < -0.3 is 14.0 Å². The molecule has 1 aromatic heterocycles. The monoisotopic (exact) mass is 417 g/mol. The zero-order valence-electron chi connectivity index (χ0n) is 14.6. The van der Waals surface area contributed by atoms with E-state index >= 15 is 0 Å². The summed E-state index contributed by atoms with van der Waals surface area (Å²) in [6.07, 6.45) is 0. The van der Waals surface area contributed by atoms with Gasteiger partial charge in [0.05, 0.1) is 27.2 Å². The Bertz CT molecular complexity index is 845. The molecule has 0 radical (unpaired) electrons. The van der Waals surface area contributed by atoms with E-state index in [9.17, 15) is 9.59 Å². The molecule has 0 aliphatic heterocycles. The van der Waals surface area contributed by atoms with Crippen LogP contribution in [0.15, 0.2) is 18.2 Å². The van der Waals surface area contributed by atoms with E-state index in [0.29, 0.717) is 18.7 Å². The molecule has 1 heterocycles. The number of aromatic nitrogens is 1. The minimum Gasteiger partial charge on any atom is -0.454 e. The molecule has 0 atom stereocenters. The topological polar surface area (TPSA) is 57.5 Å². The molecule has 2 rings (SSSR count). The van der Waals surface area contributed by atoms with Crippen LogP contribution in [-0.4, -0.2) is 36.6 Å². The van der Waals surface area contributed by atoms with Gasteiger partial charge in [-0.1, -0.05) is 34.8 Å². The molecule has 140 valence electrons. The van der Waals surface area contributed by atoms with Crippen molar-refractivity contribution in [2.45, 2.75) is 20.4 Å². The number of hydrogen-bond acceptors (Lipinski definition) is 4. The number of benzene rings is 1. The van der Waals surface area contributed by atoms with E-state index in [0.717, 1.165) is 11.4 Å². The molecule has 0 spiro atoms. The number of rotatable bonds is 7. The number of halogens is 3. The minimum absolute atomic E-state index is 0.00522. The third kappa shape index (κ3) is 4.41. The third-order valence-corrected chi connectivity index (χ3v) is 5.09. The van der Waals surface area contributed by atoms with Crippen molar-refractivity contribution in [3.63, 3.8) is 0 Å². The van der Waals surface area contributed by atoms with Crippen LogP contribution in [0, 0.1) is 13.8 Å². The Kier molecular flexibility index (Phi) is 7.12. The maximum atomic E-state index is 12.5. The molecule has 0 saturated heterocycles. The molecular formula is C18H18Cl3NO4. The molecule has 0 N–H and O–H groups in total. The number of methoxy groups -OCH3 is 1. The van der Waals surface area contributed by atoms with Crippen LogP contribution in [0.25, 0.3) is 0 Å². The summed E-state index contributed by atoms with van der Waals surface area (Å²) < 4.78 is 12.1. The molecule has 1 aromatic carbocycles. The van der Waals surface area contributed by atoms with Crippen molar-refractivity contribution in [2.24, 2.45) is 0 Å². The van der Waals surface area contributed by atoms with Crippen LogP contribution < -0.4 is 0 Å². The summed E-state index contributed by atoms with van der Waals surface area (Å²) in [5, 5.41) is 0.278. The molecule has 2 aromatic rings. The quantitative estimate of drug-likeness (QED) is 0.370. The summed E-state index contributed by atoms with van der Waals surface area (Å²) >= 11 is 17.9. The zero-order chi connectivity index (χ0) is 19.4. The second-order valence-corrected chi connectivity index (χ2v) is 6.84. The summed E-state index contributed by atoms with van der Waals surface area (Å²) in [6.45, 7) is 4.48. The maximum Gasteiger partial charge on any atom is 0.341 e. The van der Waals surface area contributed by atoms with Crippen molar-refractivity contribution >= 4 is 46.6 Å². The lowest BCUT2D eigenvalue weighted by Gasteiger charge is -2.10. The number of nitrogens with zero attached hydrogens (tertiary/aromatic N) is 1. The summed E-state index contributed by atoms with van der Waals surface area (Å²) in [7, 11) is 1.62. The lowest BCUT2D eigenvalue weighted by atomic mass is 10.1. The molecule has 26 heavy (non-hydrogen) atoms. The lowest BCUT2D eigenvalue weighted by molar-refractivity contribution is 0.0475. The number of ether oxygens (including phenoxy) is 2. The van der Waals surface area contributed by atoms with Crippen LogP contribution >= 0.6 is 34.8 Å². The van der Waals surface area contributed by atoms with Gasteiger partial charge in [-0.25, -0.2) is 4.79 Å². The Morgan fingerprint density at radius 3 is 2.42 bits per heavy atom. The first-order chi connectivity index (χ1) is 12.3. The number of ketones is 1. The summed E-state index contributed by atoms with van der Waals surface area (Å²) in [4.78, 5) is 24.7. The summed E-state index contributed by atoms with van der Waals surface area (Å²) in [6, 6.07) is 4.68. The van der Waals surface area contributed by atoms with E-state index in [2.05, 4.69) is 0 Å². The van der Waals surface area contributed by atoms with E-state index in [1.807, 2.05) is 18.4 Å². The van der Waals surface area contributed by atoms with Gasteiger partial charge in [0.15, 0.2) is 6.61 Å². The molecule has 5 nitrogen and oxygen atoms in total. The number of hydrogen-bond donors (Lipinski definition) is 0. The van der Waals surface area contributed by atoms with Gasteiger partial charge in [0.2, 0.25) is 5.78 Å². The largest absolute Gasteiger partial charge is 0.454 e. The van der Waals surface area contributed by atoms with Gasteiger partial charge in [-0.2, -0.15) is 0 Å². The van der Waals surface area contributed by atoms with Crippen molar-refractivity contribution in [3.8, 4) is 0 Å². The van der Waals surface area contributed by atoms with E-state index in [1.165, 1.54) is 12.1 Å². The van der Waals surface area contributed by atoms with Gasteiger partial charge in [-0.15, -0.1) is 0 Å². The molecule has 8 heteroatoms. The molecule has 0 saturated carbocycles. The fraction of sp³-hybridized carbons (Fsp3) is 0.333. The predicted octanol–water partition coefficient (Wildman–Crippen LogP) is 4.75. The highest BCUT2D eigenvalue weighted by Crippen LogP contribution is 2.32. The standard InChI is InChI=1S/C18H18Cl3NO4/c1-10-8-12(11(2)22(10)6-7-25-3)15(23)9-26-18(24)16-13(19)4-5-14(20)17(16)21/h4-5,8H,6-7,9H2,1-3H3. The first-order valence-corrected chi connectivity index (χ1v) is 8.90. The maximum absolute atomic E-state index is 12.5. The Balaban J connectivity index is 2.12. The lowest BCUT2D eigenvalue weighted by Crippen LogP contribution is -2.16. The van der Waals surface area contributed by atoms with Gasteiger partial charge >= 0.3 is 5.97 Å². The molecule has 0 aliphatic carbocycles. The highest BCUT2D eigenvalue weighted by atomic mass is 35.5. The number of Topliss-reactive ketones (excluding diaryl/α,β-unsaturated/α-hetero) is 1. The first-order valence-electron chi connectivity index (χ1n) is 7.77. The molecule has 0 aliphatic rings. The molecule has 0 unspecified atom stereocenters. The van der Waals surface area contributed by atoms with Crippen molar-refractivity contribution in [2.75, 3.05) is 20.3 Å². The van der Waals surface area contributed by atoms with Crippen LogP contribution in [0.1, 0.15) is 32.1 Å². The second-order valence-electron chi connectivity index (χ2n) is 5.65. The molecule has 0 bridgehead atoms. The van der Waals surface area contributed by atoms with E-state index in [1.54, 1.807) is 13.2 Å². The van der Waals surface area contributed by atoms with Crippen LogP contribution in [0.3, 0.4) is 0 Å². The first kappa shape index (κ1) is 20.8. The highest BCUT2D eigenvalue weighted by molar-refractivity contribution is 6.46. The van der Waals surface area contributed by atoms with Crippen LogP contribution in [0.2, 0.25) is 15.1 Å². The number of aryl methyl sites for hydroxylation is 1. The van der Waals surface area contributed by atoms with Gasteiger partial charge in [0.25, 0.3) is 0 Å². The van der Waals surface area contributed by atoms with Gasteiger partial charge in [-0.05, 0) is 32.0 Å². The van der Waals surface area contributed by atoms with Crippen molar-refractivity contribution in [3.05, 3.63) is 55.8 Å². The van der Waals surface area contributed by atoms with E-state index in [4.69, 9.17) is 44.3 Å². The fourth-order valence-electron chi connectivity index (χ4n) is 2.61. The number of carbonyl (C=O) groups excluding carboxylic acids is 2. The highest BCUT2D eigenvalue weighted by Gasteiger charge is 2.21. The predicted molar refractivity (Wildman–Crippen MR) is 102 cm³/mol. The Morgan fingerprint density at radius 1 is 1.12 bits per heavy atom. The van der Waals surface area contributed by atoms with Crippen LogP contribution in [-0.2, 0) is 16.0 Å². The van der Waals surface area contributed by atoms with Gasteiger partial charge in [-0.3, -0.25) is 4.79 Å². The average Bonchev–Trinajstić information content (AvgIpc) is 2.89. The minimum atomic E-state index is -0.802. The number of carbonyl (C=O) groups is 2. The summed E-state index contributed by atoms with van der Waals surface area (Å²) in [5.74, 6) is -1.12. The summed E-state index contributed by atoms with van der Waals surface area (Å²) in [5.41, 5.74) is 2.16. The zero-order valence-corrected chi connectivity index (χ0v) is 16.8. The van der Waals surface area contributed by atoms with E-state index in [-0.39, 0.29) is 26.4 Å². The molecule has 0 amide bonds. The number of esters is 1. The van der Waals surface area contributed by atoms with Gasteiger partial charge in [0.1, 0.15) is 0 Å². The van der Waals surface area contributed by atoms with E-state index < -0.39 is 12.6 Å². The van der Waals surface area contributed by atoms with Crippen LogP contribution in [0.5, 0.6) is 0 Å². The third-order valence-electron chi connectivity index (χ3n) is 3.98. The average molecular weight is 419 g/mol. The fourth-order valence-corrected chi connectivity index (χ4v) is 3.29. The smallest absolute Gasteiger partial charge is 0.341 e. The molecule has 0 fully saturated rings. The Morgan fingerprint density at radius 2 is 1.77 bits per heavy atom. The van der Waals surface area contributed by atoms with Crippen molar-refractivity contribution in [1.82, 2.24) is 4.57 Å². The Hall–Kier alpha value is -1.53. The normalized spacial score (nSPS) is 10.8. The van der Waals surface area contributed by atoms with Gasteiger partial charge in [0, 0.05) is 30.6 Å². The second kappa shape index (κ2) is 8.91. The van der Waals surface area contributed by atoms with Crippen molar-refractivity contribution < 1.29 is 19.1 Å². The van der Waals surface area contributed by atoms with Crippen LogP contribution in [0.4, 0.5) is 0 Å². The SMILES string of the molecule is COCCn1c(C)cc(C(=O)COC(=O)c2c(Cl)ccc(Cl)c2Cl)c1C. The van der Waals surface area contributed by atoms with Crippen molar-refractivity contribution in [1.29, 1.82) is 0 Å².